The number of nitrogen functional groups attached to an aromatic ring is 1. The first kappa shape index (κ1) is 10.6. The van der Waals surface area contributed by atoms with Crippen molar-refractivity contribution < 1.29 is 0 Å². The molecule has 15 heavy (non-hydrogen) atoms. The Morgan fingerprint density at radius 1 is 1.47 bits per heavy atom. The van der Waals surface area contributed by atoms with Crippen LogP contribution in [-0.2, 0) is 0 Å². The van der Waals surface area contributed by atoms with Crippen molar-refractivity contribution in [3.63, 3.8) is 0 Å². The van der Waals surface area contributed by atoms with Gasteiger partial charge in [-0.3, -0.25) is 0 Å². The van der Waals surface area contributed by atoms with E-state index in [1.807, 2.05) is 23.9 Å². The van der Waals surface area contributed by atoms with E-state index in [0.717, 1.165) is 11.5 Å². The number of nitrogens with zero attached hydrogens (tertiary/aromatic N) is 2. The number of hydrogen-bond donors (Lipinski definition) is 1. The van der Waals surface area contributed by atoms with Gasteiger partial charge in [0.2, 0.25) is 0 Å². The molecule has 0 radical (unpaired) electrons. The van der Waals surface area contributed by atoms with Crippen LogP contribution in [-0.4, -0.2) is 29.6 Å². The van der Waals surface area contributed by atoms with Crippen molar-refractivity contribution in [1.82, 2.24) is 4.98 Å². The molecule has 1 aromatic rings. The molecular weight excluding hydrogens is 206 g/mol. The maximum Gasteiger partial charge on any atom is 0.151 e. The van der Waals surface area contributed by atoms with Crippen molar-refractivity contribution >= 4 is 23.3 Å². The highest BCUT2D eigenvalue weighted by molar-refractivity contribution is 7.99. The summed E-state index contributed by atoms with van der Waals surface area (Å²) < 4.78 is 0. The molecule has 0 bridgehead atoms. The minimum Gasteiger partial charge on any atom is -0.396 e. The summed E-state index contributed by atoms with van der Waals surface area (Å²) >= 11 is 2.04. The molecule has 1 aliphatic heterocycles. The van der Waals surface area contributed by atoms with E-state index in [1.54, 1.807) is 6.20 Å². The number of hydrogen-bond acceptors (Lipinski definition) is 4. The second kappa shape index (κ2) is 4.75. The Morgan fingerprint density at radius 2 is 2.20 bits per heavy atom. The monoisotopic (exact) mass is 223 g/mol. The van der Waals surface area contributed by atoms with Gasteiger partial charge in [-0.05, 0) is 36.5 Å². The van der Waals surface area contributed by atoms with Gasteiger partial charge in [0.1, 0.15) is 0 Å². The number of thioether (sulfide) groups is 1. The number of rotatable bonds is 2. The Bertz CT molecular complexity index is 323. The Hall–Kier alpha value is -0.900. The number of aromatic nitrogens is 1. The summed E-state index contributed by atoms with van der Waals surface area (Å²) in [6, 6.07) is 4.39. The van der Waals surface area contributed by atoms with Crippen molar-refractivity contribution in [3.8, 4) is 0 Å². The fourth-order valence-electron chi connectivity index (χ4n) is 1.95. The van der Waals surface area contributed by atoms with Gasteiger partial charge in [0, 0.05) is 19.3 Å². The van der Waals surface area contributed by atoms with Crippen molar-refractivity contribution in [2.75, 3.05) is 29.2 Å². The smallest absolute Gasteiger partial charge is 0.151 e. The van der Waals surface area contributed by atoms with Crippen LogP contribution in [0.3, 0.4) is 0 Å². The van der Waals surface area contributed by atoms with Gasteiger partial charge in [0.05, 0.1) is 5.69 Å². The fourth-order valence-corrected chi connectivity index (χ4v) is 3.03. The van der Waals surface area contributed by atoms with Crippen molar-refractivity contribution in [2.24, 2.45) is 0 Å². The van der Waals surface area contributed by atoms with Crippen molar-refractivity contribution in [2.45, 2.75) is 18.9 Å². The molecule has 82 valence electrons. The third-order valence-corrected chi connectivity index (χ3v) is 3.94. The average molecular weight is 223 g/mol. The highest BCUT2D eigenvalue weighted by Crippen LogP contribution is 2.26. The Kier molecular flexibility index (Phi) is 3.36. The topological polar surface area (TPSA) is 42.2 Å². The lowest BCUT2D eigenvalue weighted by atomic mass is 10.1. The summed E-state index contributed by atoms with van der Waals surface area (Å²) in [6.07, 6.45) is 4.27. The summed E-state index contributed by atoms with van der Waals surface area (Å²) in [7, 11) is 2.10. The predicted molar refractivity (Wildman–Crippen MR) is 67.4 cm³/mol. The van der Waals surface area contributed by atoms with Gasteiger partial charge >= 0.3 is 0 Å². The van der Waals surface area contributed by atoms with Crippen LogP contribution >= 0.6 is 11.8 Å². The van der Waals surface area contributed by atoms with E-state index in [0.29, 0.717) is 6.04 Å². The van der Waals surface area contributed by atoms with Gasteiger partial charge in [0.25, 0.3) is 0 Å². The zero-order valence-corrected chi connectivity index (χ0v) is 9.83. The predicted octanol–water partition coefficient (Wildman–Crippen LogP) is 2.00. The summed E-state index contributed by atoms with van der Waals surface area (Å²) in [4.78, 5) is 6.58. The molecule has 2 N–H and O–H groups in total. The minimum atomic E-state index is 0.600. The SMILES string of the molecule is CN(c1ncccc1N)C1CCSCC1. The van der Waals surface area contributed by atoms with E-state index in [1.165, 1.54) is 24.3 Å². The summed E-state index contributed by atoms with van der Waals surface area (Å²) in [5.41, 5.74) is 6.69. The molecular formula is C11H17N3S. The summed E-state index contributed by atoms with van der Waals surface area (Å²) in [6.45, 7) is 0. The van der Waals surface area contributed by atoms with E-state index in [4.69, 9.17) is 5.73 Å². The second-order valence-corrected chi connectivity index (χ2v) is 5.10. The molecule has 1 aliphatic rings. The fraction of sp³-hybridized carbons (Fsp3) is 0.545. The molecule has 0 unspecified atom stereocenters. The largest absolute Gasteiger partial charge is 0.396 e. The van der Waals surface area contributed by atoms with Gasteiger partial charge in [-0.1, -0.05) is 0 Å². The maximum absolute atomic E-state index is 5.92. The van der Waals surface area contributed by atoms with Crippen molar-refractivity contribution in [3.05, 3.63) is 18.3 Å². The highest BCUT2D eigenvalue weighted by Gasteiger charge is 2.20. The van der Waals surface area contributed by atoms with Crippen molar-refractivity contribution in [1.29, 1.82) is 0 Å². The number of nitrogens with two attached hydrogens (primary N) is 1. The maximum atomic E-state index is 5.92. The van der Waals surface area contributed by atoms with Crippen LogP contribution in [0.15, 0.2) is 18.3 Å². The lowest BCUT2D eigenvalue weighted by Gasteiger charge is -2.32. The molecule has 0 spiro atoms. The normalized spacial score (nSPS) is 17.7. The molecule has 0 atom stereocenters. The first-order valence-electron chi connectivity index (χ1n) is 5.30. The average Bonchev–Trinajstić information content (AvgIpc) is 2.30. The zero-order valence-electron chi connectivity index (χ0n) is 9.02. The molecule has 4 heteroatoms. The molecule has 0 aliphatic carbocycles. The molecule has 2 rings (SSSR count). The Morgan fingerprint density at radius 3 is 2.87 bits per heavy atom. The standard InChI is InChI=1S/C11H17N3S/c1-14(9-4-7-15-8-5-9)11-10(12)3-2-6-13-11/h2-3,6,9H,4-5,7-8,12H2,1H3. The molecule has 1 saturated heterocycles. The molecule has 0 saturated carbocycles. The van der Waals surface area contributed by atoms with Crippen LogP contribution in [0.25, 0.3) is 0 Å². The Labute approximate surface area is 95.1 Å². The summed E-state index contributed by atoms with van der Waals surface area (Å²) in [5.74, 6) is 3.43. The van der Waals surface area contributed by atoms with Crippen LogP contribution in [0.4, 0.5) is 11.5 Å². The van der Waals surface area contributed by atoms with Crippen LogP contribution in [0.5, 0.6) is 0 Å². The lowest BCUT2D eigenvalue weighted by molar-refractivity contribution is 0.584. The zero-order chi connectivity index (χ0) is 10.7. The van der Waals surface area contributed by atoms with E-state index < -0.39 is 0 Å². The first-order chi connectivity index (χ1) is 7.29. The van der Waals surface area contributed by atoms with Gasteiger partial charge in [-0.25, -0.2) is 4.98 Å². The Balaban J connectivity index is 2.12. The number of pyridine rings is 1. The minimum absolute atomic E-state index is 0.600. The van der Waals surface area contributed by atoms with Crippen LogP contribution in [0.1, 0.15) is 12.8 Å². The third-order valence-electron chi connectivity index (χ3n) is 2.89. The third kappa shape index (κ3) is 2.37. The van der Waals surface area contributed by atoms with Gasteiger partial charge in [-0.2, -0.15) is 11.8 Å². The molecule has 1 fully saturated rings. The molecule has 1 aromatic heterocycles. The molecule has 3 nitrogen and oxygen atoms in total. The van der Waals surface area contributed by atoms with E-state index >= 15 is 0 Å². The van der Waals surface area contributed by atoms with Crippen LogP contribution < -0.4 is 10.6 Å². The van der Waals surface area contributed by atoms with Crippen LogP contribution in [0.2, 0.25) is 0 Å². The van der Waals surface area contributed by atoms with Gasteiger partial charge in [-0.15, -0.1) is 0 Å². The van der Waals surface area contributed by atoms with E-state index in [-0.39, 0.29) is 0 Å². The number of anilines is 2. The second-order valence-electron chi connectivity index (χ2n) is 3.87. The van der Waals surface area contributed by atoms with E-state index in [9.17, 15) is 0 Å². The summed E-state index contributed by atoms with van der Waals surface area (Å²) in [5, 5.41) is 0. The first-order valence-corrected chi connectivity index (χ1v) is 6.45. The highest BCUT2D eigenvalue weighted by atomic mass is 32.2. The molecule has 0 aromatic carbocycles. The van der Waals surface area contributed by atoms with Crippen LogP contribution in [0, 0.1) is 0 Å². The molecule has 0 amide bonds. The van der Waals surface area contributed by atoms with Gasteiger partial charge < -0.3 is 10.6 Å². The molecule has 2 heterocycles. The lowest BCUT2D eigenvalue weighted by Crippen LogP contribution is -2.35. The van der Waals surface area contributed by atoms with E-state index in [2.05, 4.69) is 16.9 Å². The quantitative estimate of drug-likeness (QED) is 0.832. The van der Waals surface area contributed by atoms with Gasteiger partial charge in [0.15, 0.2) is 5.82 Å².